The van der Waals surface area contributed by atoms with Gasteiger partial charge < -0.3 is 4.98 Å². The van der Waals surface area contributed by atoms with Crippen LogP contribution in [0, 0.1) is 0 Å². The van der Waals surface area contributed by atoms with E-state index in [1.165, 1.54) is 11.8 Å². The number of hydrogen-bond donors (Lipinski definition) is 3. The summed E-state index contributed by atoms with van der Waals surface area (Å²) >= 11 is 1.52. The number of aromatic nitrogens is 4. The quantitative estimate of drug-likeness (QED) is 0.662. The third-order valence-corrected chi connectivity index (χ3v) is 2.89. The monoisotopic (exact) mass is 226 g/mol. The van der Waals surface area contributed by atoms with Crippen LogP contribution < -0.4 is 11.2 Å². The lowest BCUT2D eigenvalue weighted by Gasteiger charge is -1.90. The molecule has 2 aromatic rings. The summed E-state index contributed by atoms with van der Waals surface area (Å²) < 4.78 is 0. The Labute approximate surface area is 88.5 Å². The van der Waals surface area contributed by atoms with E-state index >= 15 is 0 Å². The zero-order chi connectivity index (χ0) is 10.8. The molecule has 3 N–H and O–H groups in total. The third-order valence-electron chi connectivity index (χ3n) is 1.81. The molecular formula is C8H10N4O2S. The molecule has 0 aliphatic carbocycles. The van der Waals surface area contributed by atoms with Crippen LogP contribution in [0.4, 0.5) is 0 Å². The lowest BCUT2D eigenvalue weighted by Crippen LogP contribution is -2.21. The van der Waals surface area contributed by atoms with Gasteiger partial charge in [-0.2, -0.15) is 0 Å². The zero-order valence-electron chi connectivity index (χ0n) is 8.09. The van der Waals surface area contributed by atoms with Gasteiger partial charge in [-0.3, -0.25) is 14.8 Å². The topological polar surface area (TPSA) is 94.4 Å². The van der Waals surface area contributed by atoms with Gasteiger partial charge in [0.2, 0.25) is 0 Å². The molecule has 0 radical (unpaired) electrons. The molecule has 0 bridgehead atoms. The van der Waals surface area contributed by atoms with Gasteiger partial charge in [0, 0.05) is 5.75 Å². The average Bonchev–Trinajstić information content (AvgIpc) is 2.57. The van der Waals surface area contributed by atoms with Gasteiger partial charge in [-0.15, -0.1) is 0 Å². The van der Waals surface area contributed by atoms with E-state index in [2.05, 4.69) is 26.9 Å². The molecular weight excluding hydrogens is 216 g/mol. The van der Waals surface area contributed by atoms with Gasteiger partial charge in [0.05, 0.1) is 0 Å². The van der Waals surface area contributed by atoms with Crippen LogP contribution in [0.2, 0.25) is 0 Å². The SMILES string of the molecule is CCCSc1nc2[nH]c(=O)[nH]c(=O)c2[nH]1. The smallest absolute Gasteiger partial charge is 0.327 e. The molecule has 0 aromatic carbocycles. The first kappa shape index (κ1) is 10.0. The van der Waals surface area contributed by atoms with E-state index in [1.807, 2.05) is 0 Å². The Morgan fingerprint density at radius 3 is 2.80 bits per heavy atom. The molecule has 0 aliphatic rings. The van der Waals surface area contributed by atoms with Crippen LogP contribution in [0.15, 0.2) is 14.7 Å². The first-order valence-electron chi connectivity index (χ1n) is 4.56. The van der Waals surface area contributed by atoms with Crippen molar-refractivity contribution < 1.29 is 0 Å². The first-order valence-corrected chi connectivity index (χ1v) is 5.54. The standard InChI is InChI=1S/C8H10N4O2S/c1-2-3-15-8-9-4-5(11-8)10-7(14)12-6(4)13/h2-3H2,1H3,(H3,9,10,11,12,13,14). The highest BCUT2D eigenvalue weighted by molar-refractivity contribution is 7.99. The van der Waals surface area contributed by atoms with Crippen molar-refractivity contribution >= 4 is 22.9 Å². The van der Waals surface area contributed by atoms with Crippen LogP contribution in [-0.4, -0.2) is 25.7 Å². The van der Waals surface area contributed by atoms with Crippen molar-refractivity contribution in [2.75, 3.05) is 5.75 Å². The maximum absolute atomic E-state index is 11.3. The van der Waals surface area contributed by atoms with Crippen molar-refractivity contribution in [1.82, 2.24) is 19.9 Å². The fourth-order valence-electron chi connectivity index (χ4n) is 1.18. The maximum atomic E-state index is 11.3. The Morgan fingerprint density at radius 2 is 2.07 bits per heavy atom. The van der Waals surface area contributed by atoms with Crippen LogP contribution in [0.3, 0.4) is 0 Å². The van der Waals surface area contributed by atoms with Crippen LogP contribution in [-0.2, 0) is 0 Å². The molecule has 0 saturated carbocycles. The Kier molecular flexibility index (Phi) is 2.63. The molecule has 0 spiro atoms. The number of imidazole rings is 1. The highest BCUT2D eigenvalue weighted by atomic mass is 32.2. The lowest BCUT2D eigenvalue weighted by atomic mass is 10.5. The Bertz CT molecular complexity index is 582. The molecule has 7 heteroatoms. The molecule has 0 amide bonds. The number of H-pyrrole nitrogens is 3. The fourth-order valence-corrected chi connectivity index (χ4v) is 1.91. The molecule has 0 fully saturated rings. The third kappa shape index (κ3) is 1.96. The van der Waals surface area contributed by atoms with Gasteiger partial charge in [-0.1, -0.05) is 18.7 Å². The number of nitrogens with one attached hydrogen (secondary N) is 3. The predicted octanol–water partition coefficient (Wildman–Crippen LogP) is 0.442. The minimum Gasteiger partial charge on any atom is -0.327 e. The summed E-state index contributed by atoms with van der Waals surface area (Å²) in [7, 11) is 0. The molecule has 6 nitrogen and oxygen atoms in total. The highest BCUT2D eigenvalue weighted by Gasteiger charge is 2.06. The minimum absolute atomic E-state index is 0.308. The van der Waals surface area contributed by atoms with E-state index in [9.17, 15) is 9.59 Å². The average molecular weight is 226 g/mol. The molecule has 0 saturated heterocycles. The predicted molar refractivity (Wildman–Crippen MR) is 58.4 cm³/mol. The van der Waals surface area contributed by atoms with E-state index < -0.39 is 11.2 Å². The normalized spacial score (nSPS) is 11.0. The summed E-state index contributed by atoms with van der Waals surface area (Å²) in [5.41, 5.74) is -0.355. The van der Waals surface area contributed by atoms with Crippen LogP contribution in [0.1, 0.15) is 13.3 Å². The molecule has 80 valence electrons. The van der Waals surface area contributed by atoms with Gasteiger partial charge in [-0.05, 0) is 6.42 Å². The van der Waals surface area contributed by atoms with Gasteiger partial charge >= 0.3 is 5.69 Å². The molecule has 2 rings (SSSR count). The Morgan fingerprint density at radius 1 is 1.27 bits per heavy atom. The Balaban J connectivity index is 2.51. The number of rotatable bonds is 3. The summed E-state index contributed by atoms with van der Waals surface area (Å²) in [6, 6.07) is 0. The lowest BCUT2D eigenvalue weighted by molar-refractivity contribution is 1.04. The van der Waals surface area contributed by atoms with Crippen LogP contribution in [0.5, 0.6) is 0 Å². The Hall–Kier alpha value is -1.50. The summed E-state index contributed by atoms with van der Waals surface area (Å²) in [5.74, 6) is 0.919. The summed E-state index contributed by atoms with van der Waals surface area (Å²) in [4.78, 5) is 33.8. The molecule has 2 heterocycles. The molecule has 15 heavy (non-hydrogen) atoms. The molecule has 0 aliphatic heterocycles. The first-order chi connectivity index (χ1) is 7.20. The minimum atomic E-state index is -0.536. The van der Waals surface area contributed by atoms with E-state index in [0.717, 1.165) is 12.2 Å². The van der Waals surface area contributed by atoms with Crippen molar-refractivity contribution in [1.29, 1.82) is 0 Å². The van der Waals surface area contributed by atoms with Gasteiger partial charge in [0.15, 0.2) is 10.8 Å². The number of aromatic amines is 3. The summed E-state index contributed by atoms with van der Waals surface area (Å²) in [6.07, 6.45) is 1.02. The zero-order valence-corrected chi connectivity index (χ0v) is 8.90. The van der Waals surface area contributed by atoms with Crippen molar-refractivity contribution in [3.63, 3.8) is 0 Å². The number of fused-ring (bicyclic) bond motifs is 1. The second-order valence-electron chi connectivity index (χ2n) is 3.02. The second-order valence-corrected chi connectivity index (χ2v) is 4.11. The van der Waals surface area contributed by atoms with Gasteiger partial charge in [0.25, 0.3) is 5.56 Å². The van der Waals surface area contributed by atoms with Crippen molar-refractivity contribution in [3.05, 3.63) is 20.8 Å². The van der Waals surface area contributed by atoms with E-state index in [4.69, 9.17) is 0 Å². The van der Waals surface area contributed by atoms with Gasteiger partial charge in [-0.25, -0.2) is 9.78 Å². The van der Waals surface area contributed by atoms with Crippen molar-refractivity contribution in [2.24, 2.45) is 0 Å². The molecule has 0 unspecified atom stereocenters. The molecule has 0 atom stereocenters. The summed E-state index contributed by atoms with van der Waals surface area (Å²) in [5, 5.41) is 0.652. The summed E-state index contributed by atoms with van der Waals surface area (Å²) in [6.45, 7) is 2.06. The highest BCUT2D eigenvalue weighted by Crippen LogP contribution is 2.15. The van der Waals surface area contributed by atoms with Crippen LogP contribution in [0.25, 0.3) is 11.2 Å². The number of nitrogens with zero attached hydrogens (tertiary/aromatic N) is 1. The number of hydrogen-bond acceptors (Lipinski definition) is 4. The fraction of sp³-hybridized carbons (Fsp3) is 0.375. The number of thioether (sulfide) groups is 1. The van der Waals surface area contributed by atoms with Gasteiger partial charge in [0.1, 0.15) is 5.52 Å². The van der Waals surface area contributed by atoms with Crippen molar-refractivity contribution in [3.8, 4) is 0 Å². The largest absolute Gasteiger partial charge is 0.327 e. The second kappa shape index (κ2) is 3.93. The van der Waals surface area contributed by atoms with E-state index in [0.29, 0.717) is 16.3 Å². The van der Waals surface area contributed by atoms with Crippen LogP contribution >= 0.6 is 11.8 Å². The van der Waals surface area contributed by atoms with E-state index in [-0.39, 0.29) is 0 Å². The maximum Gasteiger partial charge on any atom is 0.327 e. The van der Waals surface area contributed by atoms with Crippen molar-refractivity contribution in [2.45, 2.75) is 18.5 Å². The molecule has 2 aromatic heterocycles. The van der Waals surface area contributed by atoms with E-state index in [1.54, 1.807) is 0 Å².